The molecule has 11 heavy (non-hydrogen) atoms. The van der Waals surface area contributed by atoms with Crippen molar-refractivity contribution in [2.75, 3.05) is 0 Å². The van der Waals surface area contributed by atoms with Gasteiger partial charge in [0.1, 0.15) is 0 Å². The number of hydrogen-bond acceptors (Lipinski definition) is 3. The SMILES string of the molecule is C=C(C)C(=O)[O-].O=C(O)O.[Na+]. The Labute approximate surface area is 85.6 Å². The Hall–Kier alpha value is -0.520. The van der Waals surface area contributed by atoms with E-state index in [2.05, 4.69) is 6.58 Å². The van der Waals surface area contributed by atoms with Crippen LogP contribution in [0.4, 0.5) is 4.79 Å². The smallest absolute Gasteiger partial charge is 0.545 e. The molecule has 0 saturated heterocycles. The number of aliphatic carboxylic acids is 1. The molecule has 0 saturated carbocycles. The van der Waals surface area contributed by atoms with E-state index in [1.807, 2.05) is 0 Å². The Bertz CT molecular complexity index is 137. The fourth-order valence-electron chi connectivity index (χ4n) is 0. The van der Waals surface area contributed by atoms with E-state index in [9.17, 15) is 9.90 Å². The molecule has 5 nitrogen and oxygen atoms in total. The van der Waals surface area contributed by atoms with Gasteiger partial charge in [-0.25, -0.2) is 4.79 Å². The summed E-state index contributed by atoms with van der Waals surface area (Å²) in [5.41, 5.74) is 0.0648. The molecule has 6 heteroatoms. The van der Waals surface area contributed by atoms with Crippen molar-refractivity contribution in [2.24, 2.45) is 0 Å². The molecule has 0 aromatic rings. The molecule has 0 aliphatic carbocycles. The standard InChI is InChI=1S/C4H6O2.CH2O3.Na/c1-3(2)4(5)6;2-1(3)4;/h1H2,2H3,(H,5,6);(H2,2,3,4);/q;;+1/p-1. The molecule has 0 heterocycles. The van der Waals surface area contributed by atoms with Crippen molar-refractivity contribution in [1.82, 2.24) is 0 Å². The van der Waals surface area contributed by atoms with E-state index < -0.39 is 12.1 Å². The van der Waals surface area contributed by atoms with Crippen LogP contribution in [0.25, 0.3) is 0 Å². The monoisotopic (exact) mass is 170 g/mol. The molecule has 0 fully saturated rings. The second kappa shape index (κ2) is 9.48. The van der Waals surface area contributed by atoms with Crippen molar-refractivity contribution in [1.29, 1.82) is 0 Å². The predicted molar refractivity (Wildman–Crippen MR) is 30.5 cm³/mol. The molecule has 0 aliphatic heterocycles. The third kappa shape index (κ3) is 43.8. The third-order valence-corrected chi connectivity index (χ3v) is 0.348. The van der Waals surface area contributed by atoms with Crippen molar-refractivity contribution in [3.8, 4) is 0 Å². The van der Waals surface area contributed by atoms with E-state index in [-0.39, 0.29) is 35.1 Å². The van der Waals surface area contributed by atoms with Gasteiger partial charge in [-0.05, 0) is 12.5 Å². The second-order valence-electron chi connectivity index (χ2n) is 1.35. The van der Waals surface area contributed by atoms with Gasteiger partial charge in [0.2, 0.25) is 0 Å². The van der Waals surface area contributed by atoms with Crippen LogP contribution in [0.2, 0.25) is 0 Å². The van der Waals surface area contributed by atoms with Gasteiger partial charge < -0.3 is 20.1 Å². The van der Waals surface area contributed by atoms with Gasteiger partial charge in [-0.1, -0.05) is 6.58 Å². The van der Waals surface area contributed by atoms with E-state index in [0.29, 0.717) is 0 Å². The molecular formula is C5H7NaO5. The van der Waals surface area contributed by atoms with Crippen LogP contribution >= 0.6 is 0 Å². The second-order valence-corrected chi connectivity index (χ2v) is 1.35. The summed E-state index contributed by atoms with van der Waals surface area (Å²) in [6, 6.07) is 0. The number of rotatable bonds is 1. The first-order valence-corrected chi connectivity index (χ1v) is 2.16. The molecule has 0 rings (SSSR count). The van der Waals surface area contributed by atoms with Gasteiger partial charge >= 0.3 is 35.7 Å². The quantitative estimate of drug-likeness (QED) is 0.315. The normalized spacial score (nSPS) is 6.27. The number of carbonyl (C=O) groups is 2. The number of carboxylic acids is 1. The number of hydrogen-bond donors (Lipinski definition) is 2. The fraction of sp³-hybridized carbons (Fsp3) is 0.200. The molecule has 0 bridgehead atoms. The zero-order chi connectivity index (χ0) is 8.73. The molecule has 0 aromatic carbocycles. The van der Waals surface area contributed by atoms with Gasteiger partial charge in [0.05, 0.1) is 5.97 Å². The molecule has 0 atom stereocenters. The van der Waals surface area contributed by atoms with Gasteiger partial charge in [0.15, 0.2) is 0 Å². The summed E-state index contributed by atoms with van der Waals surface area (Å²) in [4.78, 5) is 18.0. The van der Waals surface area contributed by atoms with Crippen LogP contribution in [0, 0.1) is 0 Å². The maximum atomic E-state index is 9.49. The van der Waals surface area contributed by atoms with Crippen molar-refractivity contribution in [3.05, 3.63) is 12.2 Å². The van der Waals surface area contributed by atoms with E-state index >= 15 is 0 Å². The summed E-state index contributed by atoms with van der Waals surface area (Å²) in [5, 5.41) is 23.4. The minimum atomic E-state index is -1.83. The topological polar surface area (TPSA) is 97.7 Å². The zero-order valence-corrected chi connectivity index (χ0v) is 8.33. The van der Waals surface area contributed by atoms with E-state index in [4.69, 9.17) is 15.0 Å². The Balaban J connectivity index is -0.000000114. The van der Waals surface area contributed by atoms with Crippen molar-refractivity contribution >= 4 is 12.1 Å². The fourth-order valence-corrected chi connectivity index (χ4v) is 0. The maximum absolute atomic E-state index is 9.49. The maximum Gasteiger partial charge on any atom is 1.00 e. The summed E-state index contributed by atoms with van der Waals surface area (Å²) in [6.07, 6.45) is -1.83. The van der Waals surface area contributed by atoms with Crippen molar-refractivity contribution < 1.29 is 54.5 Å². The summed E-state index contributed by atoms with van der Waals surface area (Å²) in [7, 11) is 0. The predicted octanol–water partition coefficient (Wildman–Crippen LogP) is -3.46. The average molecular weight is 170 g/mol. The van der Waals surface area contributed by atoms with Crippen LogP contribution in [0.5, 0.6) is 0 Å². The van der Waals surface area contributed by atoms with Crippen LogP contribution in [-0.4, -0.2) is 22.3 Å². The molecule has 58 valence electrons. The van der Waals surface area contributed by atoms with Crippen LogP contribution in [-0.2, 0) is 4.79 Å². The van der Waals surface area contributed by atoms with Crippen LogP contribution in [0.3, 0.4) is 0 Å². The Morgan fingerprint density at radius 2 is 1.45 bits per heavy atom. The summed E-state index contributed by atoms with van der Waals surface area (Å²) >= 11 is 0. The summed E-state index contributed by atoms with van der Waals surface area (Å²) < 4.78 is 0. The van der Waals surface area contributed by atoms with Gasteiger partial charge in [-0.15, -0.1) is 0 Å². The number of carbonyl (C=O) groups excluding carboxylic acids is 1. The largest absolute Gasteiger partial charge is 1.00 e. The minimum Gasteiger partial charge on any atom is -0.545 e. The van der Waals surface area contributed by atoms with Crippen LogP contribution < -0.4 is 34.7 Å². The first-order chi connectivity index (χ1) is 4.37. The summed E-state index contributed by atoms with van der Waals surface area (Å²) in [6.45, 7) is 4.48. The minimum absolute atomic E-state index is 0. The average Bonchev–Trinajstić information content (AvgIpc) is 1.63. The van der Waals surface area contributed by atoms with Gasteiger partial charge in [0, 0.05) is 0 Å². The Kier molecular flexibility index (Phi) is 14.5. The molecule has 0 radical (unpaired) electrons. The Morgan fingerprint density at radius 1 is 1.36 bits per heavy atom. The number of carboxylic acid groups (broad SMARTS) is 3. The zero-order valence-electron chi connectivity index (χ0n) is 6.33. The molecule has 0 aliphatic rings. The Morgan fingerprint density at radius 3 is 1.45 bits per heavy atom. The van der Waals surface area contributed by atoms with Gasteiger partial charge in [-0.3, -0.25) is 0 Å². The van der Waals surface area contributed by atoms with E-state index in [1.54, 1.807) is 0 Å². The van der Waals surface area contributed by atoms with Crippen LogP contribution in [0.1, 0.15) is 6.92 Å². The molecule has 0 spiro atoms. The molecule has 0 amide bonds. The van der Waals surface area contributed by atoms with E-state index in [0.717, 1.165) is 0 Å². The molecular weight excluding hydrogens is 163 g/mol. The third-order valence-electron chi connectivity index (χ3n) is 0.348. The molecule has 0 unspecified atom stereocenters. The van der Waals surface area contributed by atoms with E-state index in [1.165, 1.54) is 6.92 Å². The van der Waals surface area contributed by atoms with Crippen molar-refractivity contribution in [3.63, 3.8) is 0 Å². The molecule has 2 N–H and O–H groups in total. The first kappa shape index (κ1) is 16.8. The summed E-state index contributed by atoms with van der Waals surface area (Å²) in [5.74, 6) is -1.19. The first-order valence-electron chi connectivity index (χ1n) is 2.16. The van der Waals surface area contributed by atoms with Crippen molar-refractivity contribution in [2.45, 2.75) is 6.92 Å². The van der Waals surface area contributed by atoms with Gasteiger partial charge in [-0.2, -0.15) is 0 Å². The van der Waals surface area contributed by atoms with Gasteiger partial charge in [0.25, 0.3) is 0 Å². The molecule has 0 aromatic heterocycles. The van der Waals surface area contributed by atoms with Crippen LogP contribution in [0.15, 0.2) is 12.2 Å².